The van der Waals surface area contributed by atoms with Crippen LogP contribution in [0.1, 0.15) is 25.5 Å². The van der Waals surface area contributed by atoms with E-state index in [0.29, 0.717) is 5.88 Å². The summed E-state index contributed by atoms with van der Waals surface area (Å²) >= 11 is 5.64. The third-order valence-electron chi connectivity index (χ3n) is 2.63. The lowest BCUT2D eigenvalue weighted by Gasteiger charge is -2.17. The first-order chi connectivity index (χ1) is 8.08. The van der Waals surface area contributed by atoms with Crippen LogP contribution in [0.4, 0.5) is 0 Å². The van der Waals surface area contributed by atoms with Gasteiger partial charge in [-0.15, -0.1) is 11.6 Å². The van der Waals surface area contributed by atoms with Gasteiger partial charge in [0, 0.05) is 11.8 Å². The first kappa shape index (κ1) is 13.8. The van der Waals surface area contributed by atoms with Gasteiger partial charge in [-0.2, -0.15) is 0 Å². The second-order valence-corrected chi connectivity index (χ2v) is 4.37. The van der Waals surface area contributed by atoms with Gasteiger partial charge in [0.25, 0.3) is 0 Å². The third kappa shape index (κ3) is 3.93. The molecule has 0 spiro atoms. The molecule has 0 radical (unpaired) electrons. The van der Waals surface area contributed by atoms with E-state index in [0.717, 1.165) is 11.3 Å². The number of halogens is 1. The van der Waals surface area contributed by atoms with Crippen LogP contribution in [0, 0.1) is 5.92 Å². The number of rotatable bonds is 5. The van der Waals surface area contributed by atoms with Gasteiger partial charge < -0.3 is 10.1 Å². The predicted molar refractivity (Wildman–Crippen MR) is 69.4 cm³/mol. The molecule has 0 saturated heterocycles. The molecule has 0 aliphatic rings. The smallest absolute Gasteiger partial charge is 0.224 e. The highest BCUT2D eigenvalue weighted by Gasteiger charge is 2.15. The lowest BCUT2D eigenvalue weighted by Crippen LogP contribution is -2.32. The van der Waals surface area contributed by atoms with Crippen molar-refractivity contribution in [2.75, 3.05) is 13.0 Å². The molecule has 0 fully saturated rings. The molecule has 0 aliphatic carbocycles. The second kappa shape index (κ2) is 6.50. The highest BCUT2D eigenvalue weighted by atomic mass is 35.5. The van der Waals surface area contributed by atoms with Crippen LogP contribution < -0.4 is 10.1 Å². The summed E-state index contributed by atoms with van der Waals surface area (Å²) in [6.07, 6.45) is 0. The summed E-state index contributed by atoms with van der Waals surface area (Å²) in [6, 6.07) is 7.60. The first-order valence-electron chi connectivity index (χ1n) is 5.58. The zero-order chi connectivity index (χ0) is 12.8. The lowest BCUT2D eigenvalue weighted by atomic mass is 10.1. The molecule has 1 aromatic rings. The van der Waals surface area contributed by atoms with Gasteiger partial charge in [0.2, 0.25) is 5.91 Å². The Bertz CT molecular complexity index is 381. The van der Waals surface area contributed by atoms with Gasteiger partial charge in [-0.25, -0.2) is 0 Å². The van der Waals surface area contributed by atoms with Crippen LogP contribution in [0.3, 0.4) is 0 Å². The molecule has 4 heteroatoms. The number of methoxy groups -OCH3 is 1. The molecule has 0 heterocycles. The van der Waals surface area contributed by atoms with E-state index in [9.17, 15) is 4.79 Å². The topological polar surface area (TPSA) is 38.3 Å². The number of carbonyl (C=O) groups excluding carboxylic acids is 1. The van der Waals surface area contributed by atoms with Crippen LogP contribution in [0.2, 0.25) is 0 Å². The summed E-state index contributed by atoms with van der Waals surface area (Å²) in [5, 5.41) is 2.92. The van der Waals surface area contributed by atoms with Gasteiger partial charge in [-0.05, 0) is 24.6 Å². The normalized spacial score (nSPS) is 13.9. The van der Waals surface area contributed by atoms with Crippen LogP contribution >= 0.6 is 11.6 Å². The Morgan fingerprint density at radius 3 is 2.76 bits per heavy atom. The second-order valence-electron chi connectivity index (χ2n) is 4.06. The number of hydrogen-bond donors (Lipinski definition) is 1. The highest BCUT2D eigenvalue weighted by molar-refractivity contribution is 6.19. The first-order valence-corrected chi connectivity index (χ1v) is 6.12. The number of alkyl halides is 1. The molecule has 94 valence electrons. The Labute approximate surface area is 107 Å². The lowest BCUT2D eigenvalue weighted by molar-refractivity contribution is -0.124. The maximum absolute atomic E-state index is 11.7. The number of benzene rings is 1. The predicted octanol–water partition coefficient (Wildman–Crippen LogP) is 2.75. The van der Waals surface area contributed by atoms with Gasteiger partial charge in [0.15, 0.2) is 0 Å². The van der Waals surface area contributed by atoms with Crippen LogP contribution in [-0.4, -0.2) is 18.9 Å². The van der Waals surface area contributed by atoms with E-state index in [1.54, 1.807) is 14.0 Å². The summed E-state index contributed by atoms with van der Waals surface area (Å²) in [6.45, 7) is 3.74. The van der Waals surface area contributed by atoms with Gasteiger partial charge in [-0.1, -0.05) is 19.1 Å². The Balaban J connectivity index is 2.69. The van der Waals surface area contributed by atoms with Crippen molar-refractivity contribution in [2.45, 2.75) is 19.9 Å². The molecule has 1 unspecified atom stereocenters. The average molecular weight is 256 g/mol. The van der Waals surface area contributed by atoms with Crippen molar-refractivity contribution in [3.63, 3.8) is 0 Å². The highest BCUT2D eigenvalue weighted by Crippen LogP contribution is 2.19. The van der Waals surface area contributed by atoms with E-state index in [2.05, 4.69) is 5.32 Å². The van der Waals surface area contributed by atoms with Gasteiger partial charge in [-0.3, -0.25) is 4.79 Å². The maximum Gasteiger partial charge on any atom is 0.224 e. The fraction of sp³-hybridized carbons (Fsp3) is 0.462. The molecular weight excluding hydrogens is 238 g/mol. The Kier molecular flexibility index (Phi) is 5.29. The van der Waals surface area contributed by atoms with Crippen LogP contribution in [0.25, 0.3) is 0 Å². The van der Waals surface area contributed by atoms with Crippen molar-refractivity contribution >= 4 is 17.5 Å². The fourth-order valence-corrected chi connectivity index (χ4v) is 1.56. The zero-order valence-corrected chi connectivity index (χ0v) is 11.1. The summed E-state index contributed by atoms with van der Waals surface area (Å²) < 4.78 is 5.14. The van der Waals surface area contributed by atoms with E-state index in [1.807, 2.05) is 31.2 Å². The monoisotopic (exact) mass is 255 g/mol. The Morgan fingerprint density at radius 1 is 1.47 bits per heavy atom. The molecule has 0 saturated carbocycles. The number of hydrogen-bond acceptors (Lipinski definition) is 2. The van der Waals surface area contributed by atoms with E-state index in [1.165, 1.54) is 0 Å². The minimum absolute atomic E-state index is 0.0321. The molecule has 17 heavy (non-hydrogen) atoms. The average Bonchev–Trinajstić information content (AvgIpc) is 2.37. The van der Waals surface area contributed by atoms with E-state index >= 15 is 0 Å². The van der Waals surface area contributed by atoms with E-state index in [4.69, 9.17) is 16.3 Å². The summed E-state index contributed by atoms with van der Waals surface area (Å²) in [7, 11) is 1.62. The molecular formula is C13H18ClNO2. The van der Waals surface area contributed by atoms with Crippen molar-refractivity contribution in [1.82, 2.24) is 5.32 Å². The summed E-state index contributed by atoms with van der Waals surface area (Å²) in [5.74, 6) is 0.908. The molecule has 3 nitrogen and oxygen atoms in total. The minimum atomic E-state index is -0.176. The van der Waals surface area contributed by atoms with Crippen LogP contribution in [0.15, 0.2) is 24.3 Å². The SMILES string of the molecule is COc1cccc([C@@H](C)NC(=O)C(C)CCl)c1. The van der Waals surface area contributed by atoms with Gasteiger partial charge in [0.1, 0.15) is 5.75 Å². The van der Waals surface area contributed by atoms with E-state index in [-0.39, 0.29) is 17.9 Å². The number of amides is 1. The molecule has 0 aliphatic heterocycles. The third-order valence-corrected chi connectivity index (χ3v) is 3.09. The van der Waals surface area contributed by atoms with Gasteiger partial charge in [0.05, 0.1) is 13.2 Å². The molecule has 0 aromatic heterocycles. The standard InChI is InChI=1S/C13H18ClNO2/c1-9(8-14)13(16)15-10(2)11-5-4-6-12(7-11)17-3/h4-7,9-10H,8H2,1-3H3,(H,15,16)/t9?,10-/m1/s1. The van der Waals surface area contributed by atoms with Crippen LogP contribution in [0.5, 0.6) is 5.75 Å². The number of ether oxygens (including phenoxy) is 1. The number of carbonyl (C=O) groups is 1. The molecule has 2 atom stereocenters. The molecule has 1 amide bonds. The molecule has 1 aromatic carbocycles. The quantitative estimate of drug-likeness (QED) is 0.822. The van der Waals surface area contributed by atoms with Crippen molar-refractivity contribution < 1.29 is 9.53 Å². The van der Waals surface area contributed by atoms with Crippen molar-refractivity contribution in [3.05, 3.63) is 29.8 Å². The largest absolute Gasteiger partial charge is 0.497 e. The van der Waals surface area contributed by atoms with Crippen molar-refractivity contribution in [3.8, 4) is 5.75 Å². The fourth-order valence-electron chi connectivity index (χ4n) is 1.42. The zero-order valence-electron chi connectivity index (χ0n) is 10.4. The molecule has 1 rings (SSSR count). The van der Waals surface area contributed by atoms with Crippen LogP contribution in [-0.2, 0) is 4.79 Å². The molecule has 1 N–H and O–H groups in total. The minimum Gasteiger partial charge on any atom is -0.497 e. The summed E-state index contributed by atoms with van der Waals surface area (Å²) in [5.41, 5.74) is 1.01. The van der Waals surface area contributed by atoms with E-state index < -0.39 is 0 Å². The maximum atomic E-state index is 11.7. The molecule has 0 bridgehead atoms. The van der Waals surface area contributed by atoms with Crippen molar-refractivity contribution in [1.29, 1.82) is 0 Å². The summed E-state index contributed by atoms with van der Waals surface area (Å²) in [4.78, 5) is 11.7. The Hall–Kier alpha value is -1.22. The van der Waals surface area contributed by atoms with Crippen molar-refractivity contribution in [2.24, 2.45) is 5.92 Å². The van der Waals surface area contributed by atoms with Gasteiger partial charge >= 0.3 is 0 Å². The number of nitrogens with one attached hydrogen (secondary N) is 1. The Morgan fingerprint density at radius 2 is 2.18 bits per heavy atom.